The van der Waals surface area contributed by atoms with E-state index in [0.29, 0.717) is 25.2 Å². The molecule has 21 heavy (non-hydrogen) atoms. The standard InChI is InChI=1S/C18H28O3/c1-3-5-7-9-13-21-18(20)14-15-11-12-17(19)16(15)10-8-6-4-2/h5-8,15-16H,3-4,9-14H2,1-2H3/t15-,16+/m0/s1. The number of carbonyl (C=O) groups excluding carboxylic acids is 2. The van der Waals surface area contributed by atoms with Crippen molar-refractivity contribution in [3.05, 3.63) is 24.3 Å². The van der Waals surface area contributed by atoms with Gasteiger partial charge in [0, 0.05) is 18.8 Å². The zero-order chi connectivity index (χ0) is 15.5. The molecule has 118 valence electrons. The Morgan fingerprint density at radius 1 is 1.19 bits per heavy atom. The number of hydrogen-bond donors (Lipinski definition) is 0. The second-order valence-corrected chi connectivity index (χ2v) is 5.58. The Labute approximate surface area is 128 Å². The largest absolute Gasteiger partial charge is 0.465 e. The van der Waals surface area contributed by atoms with Crippen molar-refractivity contribution in [1.29, 1.82) is 0 Å². The fourth-order valence-corrected chi connectivity index (χ4v) is 2.75. The van der Waals surface area contributed by atoms with Gasteiger partial charge in [-0.15, -0.1) is 0 Å². The molecule has 0 aromatic heterocycles. The monoisotopic (exact) mass is 292 g/mol. The molecule has 1 saturated carbocycles. The van der Waals surface area contributed by atoms with E-state index in [1.54, 1.807) is 0 Å². The molecule has 1 aliphatic rings. The molecule has 0 N–H and O–H groups in total. The summed E-state index contributed by atoms with van der Waals surface area (Å²) < 4.78 is 5.24. The summed E-state index contributed by atoms with van der Waals surface area (Å²) in [7, 11) is 0. The summed E-state index contributed by atoms with van der Waals surface area (Å²) in [5, 5.41) is 0. The molecule has 0 radical (unpaired) electrons. The molecule has 0 heterocycles. The Balaban J connectivity index is 2.34. The summed E-state index contributed by atoms with van der Waals surface area (Å²) in [6, 6.07) is 0. The van der Waals surface area contributed by atoms with Crippen molar-refractivity contribution in [3.63, 3.8) is 0 Å². The first-order valence-electron chi connectivity index (χ1n) is 8.17. The Bertz CT molecular complexity index is 382. The summed E-state index contributed by atoms with van der Waals surface area (Å²) in [5.74, 6) is 0.321. The summed E-state index contributed by atoms with van der Waals surface area (Å²) in [6.45, 7) is 4.60. The Hall–Kier alpha value is -1.38. The summed E-state index contributed by atoms with van der Waals surface area (Å²) in [5.41, 5.74) is 0. The van der Waals surface area contributed by atoms with Crippen molar-refractivity contribution in [1.82, 2.24) is 0 Å². The highest BCUT2D eigenvalue weighted by Gasteiger charge is 2.35. The maximum atomic E-state index is 11.9. The number of Topliss-reactive ketones (excluding diaryl/α,β-unsaturated/α-hetero) is 1. The van der Waals surface area contributed by atoms with Crippen molar-refractivity contribution in [2.24, 2.45) is 11.8 Å². The topological polar surface area (TPSA) is 43.4 Å². The van der Waals surface area contributed by atoms with Gasteiger partial charge >= 0.3 is 5.97 Å². The summed E-state index contributed by atoms with van der Waals surface area (Å²) in [4.78, 5) is 23.7. The predicted molar refractivity (Wildman–Crippen MR) is 84.9 cm³/mol. The highest BCUT2D eigenvalue weighted by atomic mass is 16.5. The molecule has 3 nitrogen and oxygen atoms in total. The first-order valence-corrected chi connectivity index (χ1v) is 8.17. The van der Waals surface area contributed by atoms with Gasteiger partial charge in [0.1, 0.15) is 5.78 Å². The van der Waals surface area contributed by atoms with Crippen LogP contribution < -0.4 is 0 Å². The van der Waals surface area contributed by atoms with Crippen LogP contribution in [-0.4, -0.2) is 18.4 Å². The Morgan fingerprint density at radius 3 is 2.62 bits per heavy atom. The number of ether oxygens (including phenoxy) is 1. The van der Waals surface area contributed by atoms with Gasteiger partial charge in [-0.05, 0) is 38.0 Å². The molecule has 3 heteroatoms. The maximum Gasteiger partial charge on any atom is 0.306 e. The minimum Gasteiger partial charge on any atom is -0.465 e. The third-order valence-corrected chi connectivity index (χ3v) is 3.92. The van der Waals surface area contributed by atoms with Gasteiger partial charge < -0.3 is 4.74 Å². The highest BCUT2D eigenvalue weighted by molar-refractivity contribution is 5.84. The third kappa shape index (κ3) is 6.74. The number of ketones is 1. The van der Waals surface area contributed by atoms with Crippen LogP contribution in [0.1, 0.15) is 58.8 Å². The van der Waals surface area contributed by atoms with E-state index in [2.05, 4.69) is 32.1 Å². The van der Waals surface area contributed by atoms with Crippen LogP contribution in [0.15, 0.2) is 24.3 Å². The molecule has 2 atom stereocenters. The molecule has 0 aliphatic heterocycles. The van der Waals surface area contributed by atoms with E-state index in [9.17, 15) is 9.59 Å². The minimum atomic E-state index is -0.163. The number of carbonyl (C=O) groups is 2. The number of hydrogen-bond acceptors (Lipinski definition) is 3. The van der Waals surface area contributed by atoms with Gasteiger partial charge in [-0.3, -0.25) is 9.59 Å². The van der Waals surface area contributed by atoms with Crippen molar-refractivity contribution < 1.29 is 14.3 Å². The lowest BCUT2D eigenvalue weighted by Crippen LogP contribution is -2.19. The fourth-order valence-electron chi connectivity index (χ4n) is 2.75. The Kier molecular flexibility index (Phi) is 8.72. The summed E-state index contributed by atoms with van der Waals surface area (Å²) >= 11 is 0. The van der Waals surface area contributed by atoms with Crippen molar-refractivity contribution >= 4 is 11.8 Å². The fraction of sp³-hybridized carbons (Fsp3) is 0.667. The van der Waals surface area contributed by atoms with E-state index in [1.165, 1.54) is 0 Å². The molecule has 0 spiro atoms. The van der Waals surface area contributed by atoms with Crippen molar-refractivity contribution in [3.8, 4) is 0 Å². The quantitative estimate of drug-likeness (QED) is 0.363. The first kappa shape index (κ1) is 17.7. The molecule has 0 bridgehead atoms. The molecular formula is C18H28O3. The smallest absolute Gasteiger partial charge is 0.306 e. The van der Waals surface area contributed by atoms with E-state index in [-0.39, 0.29) is 17.8 Å². The van der Waals surface area contributed by atoms with Crippen molar-refractivity contribution in [2.75, 3.05) is 6.61 Å². The van der Waals surface area contributed by atoms with Crippen LogP contribution >= 0.6 is 0 Å². The second kappa shape index (κ2) is 10.4. The minimum absolute atomic E-state index is 0.0142. The van der Waals surface area contributed by atoms with Gasteiger partial charge in [0.15, 0.2) is 0 Å². The lowest BCUT2D eigenvalue weighted by atomic mass is 9.89. The van der Waals surface area contributed by atoms with Gasteiger partial charge in [-0.1, -0.05) is 38.2 Å². The zero-order valence-corrected chi connectivity index (χ0v) is 13.3. The van der Waals surface area contributed by atoms with Crippen LogP contribution in [0.2, 0.25) is 0 Å². The average Bonchev–Trinajstić information content (AvgIpc) is 2.80. The van der Waals surface area contributed by atoms with E-state index in [0.717, 1.165) is 32.1 Å². The zero-order valence-electron chi connectivity index (χ0n) is 13.3. The van der Waals surface area contributed by atoms with Gasteiger partial charge in [0.25, 0.3) is 0 Å². The average molecular weight is 292 g/mol. The molecule has 1 aliphatic carbocycles. The normalized spacial score (nSPS) is 22.5. The molecule has 0 unspecified atom stereocenters. The van der Waals surface area contributed by atoms with Crippen LogP contribution in [0.4, 0.5) is 0 Å². The van der Waals surface area contributed by atoms with E-state index < -0.39 is 0 Å². The van der Waals surface area contributed by atoms with Crippen LogP contribution in [0, 0.1) is 11.8 Å². The van der Waals surface area contributed by atoms with Crippen LogP contribution in [0.25, 0.3) is 0 Å². The number of rotatable bonds is 9. The lowest BCUT2D eigenvalue weighted by molar-refractivity contribution is -0.144. The molecule has 0 aromatic rings. The highest BCUT2D eigenvalue weighted by Crippen LogP contribution is 2.34. The SMILES string of the molecule is CCC=CCCOC(=O)C[C@@H]1CCC(=O)[C@@H]1CC=CCC. The van der Waals surface area contributed by atoms with Gasteiger partial charge in [-0.2, -0.15) is 0 Å². The molecule has 0 saturated heterocycles. The molecular weight excluding hydrogens is 264 g/mol. The number of esters is 1. The molecule has 0 aromatic carbocycles. The van der Waals surface area contributed by atoms with E-state index in [1.807, 2.05) is 6.08 Å². The van der Waals surface area contributed by atoms with Crippen LogP contribution in [0.3, 0.4) is 0 Å². The van der Waals surface area contributed by atoms with Crippen molar-refractivity contribution in [2.45, 2.75) is 58.8 Å². The second-order valence-electron chi connectivity index (χ2n) is 5.58. The van der Waals surface area contributed by atoms with E-state index in [4.69, 9.17) is 4.74 Å². The Morgan fingerprint density at radius 2 is 1.90 bits per heavy atom. The molecule has 0 amide bonds. The first-order chi connectivity index (χ1) is 10.2. The predicted octanol–water partition coefficient (Wildman–Crippen LogP) is 4.23. The molecule has 1 fully saturated rings. The van der Waals surface area contributed by atoms with Crippen LogP contribution in [-0.2, 0) is 14.3 Å². The van der Waals surface area contributed by atoms with Gasteiger partial charge in [0.05, 0.1) is 6.61 Å². The molecule has 1 rings (SSSR count). The summed E-state index contributed by atoms with van der Waals surface area (Å²) in [6.07, 6.45) is 13.6. The third-order valence-electron chi connectivity index (χ3n) is 3.92. The van der Waals surface area contributed by atoms with Crippen LogP contribution in [0.5, 0.6) is 0 Å². The van der Waals surface area contributed by atoms with E-state index >= 15 is 0 Å². The number of allylic oxidation sites excluding steroid dienone is 3. The van der Waals surface area contributed by atoms with Gasteiger partial charge in [-0.25, -0.2) is 0 Å². The lowest BCUT2D eigenvalue weighted by Gasteiger charge is -2.16. The maximum absolute atomic E-state index is 11.9. The van der Waals surface area contributed by atoms with Gasteiger partial charge in [0.2, 0.25) is 0 Å².